The van der Waals surface area contributed by atoms with Crippen LogP contribution in [0, 0.1) is 34.5 Å². The number of halogens is 1. The number of benzene rings is 2. The smallest absolute Gasteiger partial charge is 0.323 e. The van der Waals surface area contributed by atoms with E-state index in [0.29, 0.717) is 16.1 Å². The lowest BCUT2D eigenvalue weighted by molar-refractivity contribution is -0.144. The van der Waals surface area contributed by atoms with Crippen molar-refractivity contribution in [2.75, 3.05) is 7.11 Å². The van der Waals surface area contributed by atoms with E-state index in [1.165, 1.54) is 24.3 Å². The van der Waals surface area contributed by atoms with Crippen LogP contribution in [0.15, 0.2) is 54.6 Å². The molecule has 8 nitrogen and oxygen atoms in total. The topological polar surface area (TPSA) is 132 Å². The molecule has 0 aliphatic rings. The molecule has 0 heterocycles. The first-order valence-corrected chi connectivity index (χ1v) is 9.08. The first-order chi connectivity index (χ1) is 14.4. The summed E-state index contributed by atoms with van der Waals surface area (Å²) in [6.07, 6.45) is 0. The third kappa shape index (κ3) is 5.34. The van der Waals surface area contributed by atoms with Gasteiger partial charge in [-0.3, -0.25) is 25.2 Å². The third-order valence-corrected chi connectivity index (χ3v) is 4.58. The Balaban J connectivity index is 2.30. The molecule has 30 heavy (non-hydrogen) atoms. The Kier molecular flexibility index (Phi) is 7.92. The third-order valence-electron chi connectivity index (χ3n) is 4.32. The maximum atomic E-state index is 12.7. The second kappa shape index (κ2) is 10.6. The summed E-state index contributed by atoms with van der Waals surface area (Å²) in [6, 6.07) is 17.8. The molecule has 2 amide bonds. The fourth-order valence-electron chi connectivity index (χ4n) is 2.83. The Hall–Kier alpha value is -3.88. The minimum absolute atomic E-state index is 0.296. The summed E-state index contributed by atoms with van der Waals surface area (Å²) in [5, 5.41) is 19.6. The van der Waals surface area contributed by atoms with Gasteiger partial charge in [0.25, 0.3) is 11.8 Å². The van der Waals surface area contributed by atoms with Crippen LogP contribution in [0.3, 0.4) is 0 Å². The number of nitrogens with zero attached hydrogens (tertiary/aromatic N) is 2. The molecule has 3 atom stereocenters. The zero-order chi connectivity index (χ0) is 22.1. The van der Waals surface area contributed by atoms with Gasteiger partial charge in [-0.15, -0.1) is 0 Å². The molecule has 0 bridgehead atoms. The number of amides is 2. The number of hydrogen-bond donors (Lipinski definition) is 2. The van der Waals surface area contributed by atoms with Gasteiger partial charge in [0.05, 0.1) is 19.2 Å². The van der Waals surface area contributed by atoms with Gasteiger partial charge in [-0.2, -0.15) is 10.5 Å². The van der Waals surface area contributed by atoms with Gasteiger partial charge in [-0.1, -0.05) is 41.9 Å². The largest absolute Gasteiger partial charge is 0.468 e. The monoisotopic (exact) mass is 424 g/mol. The van der Waals surface area contributed by atoms with Crippen molar-refractivity contribution >= 4 is 29.4 Å². The maximum absolute atomic E-state index is 12.7. The molecule has 2 aromatic carbocycles. The summed E-state index contributed by atoms with van der Waals surface area (Å²) in [5.41, 5.74) is 5.06. The van der Waals surface area contributed by atoms with E-state index in [1.54, 1.807) is 36.4 Å². The molecule has 9 heteroatoms. The van der Waals surface area contributed by atoms with E-state index in [-0.39, 0.29) is 0 Å². The molecule has 2 aromatic rings. The quantitative estimate of drug-likeness (QED) is 0.540. The molecule has 0 radical (unpaired) electrons. The number of methoxy groups -OCH3 is 1. The highest BCUT2D eigenvalue weighted by molar-refractivity contribution is 6.30. The molecule has 0 saturated carbocycles. The van der Waals surface area contributed by atoms with Gasteiger partial charge in [0.15, 0.2) is 5.92 Å². The van der Waals surface area contributed by atoms with E-state index in [2.05, 4.69) is 15.6 Å². The number of ether oxygens (including phenoxy) is 1. The number of hydrazine groups is 1. The van der Waals surface area contributed by atoms with Gasteiger partial charge in [0.2, 0.25) is 0 Å². The molecule has 0 aliphatic carbocycles. The molecule has 152 valence electrons. The number of carbonyl (C=O) groups excluding carboxylic acids is 3. The number of nitrogens with one attached hydrogen (secondary N) is 2. The summed E-state index contributed by atoms with van der Waals surface area (Å²) < 4.78 is 4.66. The standard InChI is InChI=1S/C21H17ClN4O4/c1-30-21(29)17(12-24)18(13-7-9-15(22)10-8-13)16(11-23)20(28)26-25-19(27)14-5-3-2-4-6-14/h2-10,16-18H,1H3,(H,25,27)(H,26,28). The lowest BCUT2D eigenvalue weighted by atomic mass is 9.77. The van der Waals surface area contributed by atoms with Gasteiger partial charge >= 0.3 is 5.97 Å². The molecule has 0 fully saturated rings. The molecule has 2 rings (SSSR count). The fraction of sp³-hybridized carbons (Fsp3) is 0.190. The van der Waals surface area contributed by atoms with E-state index < -0.39 is 35.5 Å². The van der Waals surface area contributed by atoms with E-state index in [9.17, 15) is 24.9 Å². The first-order valence-electron chi connectivity index (χ1n) is 8.70. The van der Waals surface area contributed by atoms with Crippen molar-refractivity contribution in [3.8, 4) is 12.1 Å². The zero-order valence-electron chi connectivity index (χ0n) is 15.8. The first kappa shape index (κ1) is 22.4. The summed E-state index contributed by atoms with van der Waals surface area (Å²) in [7, 11) is 1.10. The number of esters is 1. The van der Waals surface area contributed by atoms with Gasteiger partial charge in [-0.05, 0) is 29.8 Å². The average Bonchev–Trinajstić information content (AvgIpc) is 2.78. The normalized spacial score (nSPS) is 12.9. The number of nitriles is 2. The van der Waals surface area contributed by atoms with Crippen molar-refractivity contribution in [3.05, 3.63) is 70.7 Å². The van der Waals surface area contributed by atoms with E-state index >= 15 is 0 Å². The molecule has 0 saturated heterocycles. The van der Waals surface area contributed by atoms with Gasteiger partial charge in [-0.25, -0.2) is 0 Å². The Labute approximate surface area is 178 Å². The van der Waals surface area contributed by atoms with Gasteiger partial charge < -0.3 is 4.74 Å². The molecule has 2 N–H and O–H groups in total. The van der Waals surface area contributed by atoms with Crippen molar-refractivity contribution in [1.29, 1.82) is 10.5 Å². The molecule has 0 aliphatic heterocycles. The Morgan fingerprint density at radius 2 is 1.53 bits per heavy atom. The summed E-state index contributed by atoms with van der Waals surface area (Å²) in [5.74, 6) is -6.43. The zero-order valence-corrected chi connectivity index (χ0v) is 16.6. The highest BCUT2D eigenvalue weighted by atomic mass is 35.5. The van der Waals surface area contributed by atoms with Crippen LogP contribution in [0.5, 0.6) is 0 Å². The number of hydrogen-bond acceptors (Lipinski definition) is 6. The summed E-state index contributed by atoms with van der Waals surface area (Å²) in [6.45, 7) is 0. The average molecular weight is 425 g/mol. The highest BCUT2D eigenvalue weighted by Crippen LogP contribution is 2.34. The van der Waals surface area contributed by atoms with E-state index in [1.807, 2.05) is 6.07 Å². The van der Waals surface area contributed by atoms with Crippen molar-refractivity contribution in [2.24, 2.45) is 11.8 Å². The predicted octanol–water partition coefficient (Wildman–Crippen LogP) is 2.34. The van der Waals surface area contributed by atoms with Crippen LogP contribution < -0.4 is 10.9 Å². The Bertz CT molecular complexity index is 996. The van der Waals surface area contributed by atoms with E-state index in [0.717, 1.165) is 7.11 Å². The van der Waals surface area contributed by atoms with Crippen LogP contribution in [0.4, 0.5) is 0 Å². The van der Waals surface area contributed by atoms with Gasteiger partial charge in [0.1, 0.15) is 5.92 Å². The number of carbonyl (C=O) groups is 3. The molecule has 0 spiro atoms. The number of rotatable bonds is 6. The molecular formula is C21H17ClN4O4. The van der Waals surface area contributed by atoms with Crippen LogP contribution >= 0.6 is 11.6 Å². The van der Waals surface area contributed by atoms with Crippen LogP contribution in [0.1, 0.15) is 21.8 Å². The summed E-state index contributed by atoms with van der Waals surface area (Å²) >= 11 is 5.89. The minimum Gasteiger partial charge on any atom is -0.468 e. The molecule has 0 aromatic heterocycles. The molecular weight excluding hydrogens is 408 g/mol. The maximum Gasteiger partial charge on any atom is 0.323 e. The highest BCUT2D eigenvalue weighted by Gasteiger charge is 2.40. The lowest BCUT2D eigenvalue weighted by Crippen LogP contribution is -2.46. The molecule has 3 unspecified atom stereocenters. The van der Waals surface area contributed by atoms with Crippen LogP contribution in [0.25, 0.3) is 0 Å². The second-order valence-corrected chi connectivity index (χ2v) is 6.56. The SMILES string of the molecule is COC(=O)C(C#N)C(c1ccc(Cl)cc1)C(C#N)C(=O)NNC(=O)c1ccccc1. The van der Waals surface area contributed by atoms with E-state index in [4.69, 9.17) is 11.6 Å². The van der Waals surface area contributed by atoms with Crippen LogP contribution in [-0.2, 0) is 14.3 Å². The fourth-order valence-corrected chi connectivity index (χ4v) is 2.95. The second-order valence-electron chi connectivity index (χ2n) is 6.12. The van der Waals surface area contributed by atoms with Crippen molar-refractivity contribution in [1.82, 2.24) is 10.9 Å². The van der Waals surface area contributed by atoms with Crippen molar-refractivity contribution in [3.63, 3.8) is 0 Å². The minimum atomic E-state index is -1.48. The Morgan fingerprint density at radius 3 is 2.07 bits per heavy atom. The predicted molar refractivity (Wildman–Crippen MR) is 106 cm³/mol. The van der Waals surface area contributed by atoms with Crippen molar-refractivity contribution < 1.29 is 19.1 Å². The van der Waals surface area contributed by atoms with Gasteiger partial charge in [0, 0.05) is 16.5 Å². The lowest BCUT2D eigenvalue weighted by Gasteiger charge is -2.24. The Morgan fingerprint density at radius 1 is 0.933 bits per heavy atom. The summed E-state index contributed by atoms with van der Waals surface area (Å²) in [4.78, 5) is 37.0. The van der Waals surface area contributed by atoms with Crippen molar-refractivity contribution in [2.45, 2.75) is 5.92 Å². The van der Waals surface area contributed by atoms with Crippen LogP contribution in [0.2, 0.25) is 5.02 Å². The van der Waals surface area contributed by atoms with Crippen LogP contribution in [-0.4, -0.2) is 24.9 Å².